The molecule has 21 heavy (non-hydrogen) atoms. The molecule has 0 atom stereocenters. The third-order valence-corrected chi connectivity index (χ3v) is 3.97. The van der Waals surface area contributed by atoms with Crippen LogP contribution in [-0.2, 0) is 0 Å². The number of aryl methyl sites for hydroxylation is 1. The summed E-state index contributed by atoms with van der Waals surface area (Å²) < 4.78 is 6.29. The summed E-state index contributed by atoms with van der Waals surface area (Å²) in [6.45, 7) is 2.02. The van der Waals surface area contributed by atoms with Crippen molar-refractivity contribution in [3.63, 3.8) is 0 Å². The Morgan fingerprint density at radius 1 is 1.10 bits per heavy atom. The second kappa shape index (κ2) is 5.51. The standard InChI is InChI=1S/C16H10BrN3O/c1-10-2-5-13(8-14(10)17)15-19-16(21-20-15)12-6-3-11(9-18)4-7-12/h2-8H,1H3. The monoisotopic (exact) mass is 339 g/mol. The van der Waals surface area contributed by atoms with E-state index in [9.17, 15) is 0 Å². The van der Waals surface area contributed by atoms with Crippen molar-refractivity contribution in [1.29, 1.82) is 5.26 Å². The van der Waals surface area contributed by atoms with Gasteiger partial charge in [0.15, 0.2) is 0 Å². The zero-order valence-corrected chi connectivity index (χ0v) is 12.8. The molecule has 0 aliphatic heterocycles. The van der Waals surface area contributed by atoms with Gasteiger partial charge >= 0.3 is 0 Å². The quantitative estimate of drug-likeness (QED) is 0.696. The summed E-state index contributed by atoms with van der Waals surface area (Å²) in [5.74, 6) is 0.973. The molecule has 0 spiro atoms. The van der Waals surface area contributed by atoms with Crippen molar-refractivity contribution in [3.8, 4) is 28.9 Å². The first-order valence-corrected chi connectivity index (χ1v) is 7.07. The topological polar surface area (TPSA) is 62.7 Å². The fraction of sp³-hybridized carbons (Fsp3) is 0.0625. The highest BCUT2D eigenvalue weighted by Crippen LogP contribution is 2.26. The van der Waals surface area contributed by atoms with Gasteiger partial charge in [-0.05, 0) is 42.8 Å². The van der Waals surface area contributed by atoms with Crippen molar-refractivity contribution in [2.75, 3.05) is 0 Å². The van der Waals surface area contributed by atoms with Crippen LogP contribution in [0, 0.1) is 18.3 Å². The maximum Gasteiger partial charge on any atom is 0.258 e. The average molecular weight is 340 g/mol. The van der Waals surface area contributed by atoms with E-state index >= 15 is 0 Å². The molecule has 102 valence electrons. The van der Waals surface area contributed by atoms with Gasteiger partial charge in [-0.1, -0.05) is 33.2 Å². The molecule has 0 bridgehead atoms. The van der Waals surface area contributed by atoms with Crippen LogP contribution in [0.3, 0.4) is 0 Å². The molecule has 0 saturated carbocycles. The average Bonchev–Trinajstić information content (AvgIpc) is 3.00. The predicted molar refractivity (Wildman–Crippen MR) is 82.3 cm³/mol. The molecule has 3 rings (SSSR count). The van der Waals surface area contributed by atoms with E-state index in [4.69, 9.17) is 9.78 Å². The van der Waals surface area contributed by atoms with E-state index < -0.39 is 0 Å². The molecule has 0 fully saturated rings. The lowest BCUT2D eigenvalue weighted by Gasteiger charge is -1.99. The fourth-order valence-corrected chi connectivity index (χ4v) is 2.26. The molecule has 0 amide bonds. The summed E-state index contributed by atoms with van der Waals surface area (Å²) in [5.41, 5.74) is 3.42. The Labute approximate surface area is 130 Å². The molecular weight excluding hydrogens is 330 g/mol. The Morgan fingerprint density at radius 2 is 1.81 bits per heavy atom. The van der Waals surface area contributed by atoms with Gasteiger partial charge in [-0.25, -0.2) is 0 Å². The molecule has 3 aromatic rings. The van der Waals surface area contributed by atoms with E-state index in [1.165, 1.54) is 0 Å². The molecule has 0 saturated heterocycles. The Kier molecular flexibility index (Phi) is 3.55. The first kappa shape index (κ1) is 13.5. The molecule has 1 heterocycles. The molecule has 2 aromatic carbocycles. The van der Waals surface area contributed by atoms with E-state index in [-0.39, 0.29) is 0 Å². The number of aromatic nitrogens is 2. The van der Waals surface area contributed by atoms with E-state index in [1.54, 1.807) is 24.3 Å². The van der Waals surface area contributed by atoms with Crippen LogP contribution < -0.4 is 0 Å². The highest BCUT2D eigenvalue weighted by molar-refractivity contribution is 9.10. The third-order valence-electron chi connectivity index (χ3n) is 3.12. The minimum absolute atomic E-state index is 0.436. The summed E-state index contributed by atoms with van der Waals surface area (Å²) in [7, 11) is 0. The Hall–Kier alpha value is -2.45. The van der Waals surface area contributed by atoms with Crippen LogP contribution in [0.2, 0.25) is 0 Å². The van der Waals surface area contributed by atoms with Gasteiger partial charge in [0.2, 0.25) is 5.82 Å². The van der Waals surface area contributed by atoms with Crippen molar-refractivity contribution in [1.82, 2.24) is 10.1 Å². The lowest BCUT2D eigenvalue weighted by atomic mass is 10.1. The van der Waals surface area contributed by atoms with Gasteiger partial charge in [0.25, 0.3) is 5.89 Å². The van der Waals surface area contributed by atoms with Gasteiger partial charge in [-0.2, -0.15) is 10.2 Å². The van der Waals surface area contributed by atoms with Crippen molar-refractivity contribution in [2.24, 2.45) is 0 Å². The molecule has 4 nitrogen and oxygen atoms in total. The minimum Gasteiger partial charge on any atom is -0.334 e. The molecule has 0 N–H and O–H groups in total. The summed E-state index contributed by atoms with van der Waals surface area (Å²) in [4.78, 5) is 4.40. The van der Waals surface area contributed by atoms with Gasteiger partial charge in [0.05, 0.1) is 11.6 Å². The van der Waals surface area contributed by atoms with Gasteiger partial charge in [0, 0.05) is 15.6 Å². The normalized spacial score (nSPS) is 10.3. The lowest BCUT2D eigenvalue weighted by molar-refractivity contribution is 0.432. The van der Waals surface area contributed by atoms with Crippen LogP contribution >= 0.6 is 15.9 Å². The predicted octanol–water partition coefficient (Wildman–Crippen LogP) is 4.35. The third kappa shape index (κ3) is 2.71. The zero-order valence-electron chi connectivity index (χ0n) is 11.2. The van der Waals surface area contributed by atoms with E-state index in [1.807, 2.05) is 25.1 Å². The van der Waals surface area contributed by atoms with Gasteiger partial charge in [-0.3, -0.25) is 0 Å². The zero-order chi connectivity index (χ0) is 14.8. The van der Waals surface area contributed by atoms with Crippen molar-refractivity contribution in [2.45, 2.75) is 6.92 Å². The van der Waals surface area contributed by atoms with E-state index in [0.717, 1.165) is 21.2 Å². The van der Waals surface area contributed by atoms with Crippen molar-refractivity contribution in [3.05, 3.63) is 58.1 Å². The summed E-state index contributed by atoms with van der Waals surface area (Å²) in [6, 6.07) is 15.0. The molecule has 5 heteroatoms. The Balaban J connectivity index is 1.95. The van der Waals surface area contributed by atoms with E-state index in [0.29, 0.717) is 17.3 Å². The minimum atomic E-state index is 0.436. The van der Waals surface area contributed by atoms with Gasteiger partial charge in [-0.15, -0.1) is 0 Å². The fourth-order valence-electron chi connectivity index (χ4n) is 1.88. The second-order valence-electron chi connectivity index (χ2n) is 4.58. The van der Waals surface area contributed by atoms with Crippen molar-refractivity contribution >= 4 is 15.9 Å². The highest BCUT2D eigenvalue weighted by Gasteiger charge is 2.11. The first-order valence-electron chi connectivity index (χ1n) is 6.28. The van der Waals surface area contributed by atoms with Crippen LogP contribution in [0.5, 0.6) is 0 Å². The Bertz CT molecular complexity index is 831. The largest absolute Gasteiger partial charge is 0.334 e. The second-order valence-corrected chi connectivity index (χ2v) is 5.43. The number of nitrogens with zero attached hydrogens (tertiary/aromatic N) is 3. The highest BCUT2D eigenvalue weighted by atomic mass is 79.9. The molecule has 0 radical (unpaired) electrons. The van der Waals surface area contributed by atoms with Crippen LogP contribution in [0.4, 0.5) is 0 Å². The Morgan fingerprint density at radius 3 is 2.48 bits per heavy atom. The van der Waals surface area contributed by atoms with Gasteiger partial charge < -0.3 is 4.52 Å². The molecule has 0 aliphatic rings. The SMILES string of the molecule is Cc1ccc(-c2noc(-c3ccc(C#N)cc3)n2)cc1Br. The number of nitriles is 1. The van der Waals surface area contributed by atoms with Gasteiger partial charge in [0.1, 0.15) is 0 Å². The van der Waals surface area contributed by atoms with Crippen LogP contribution in [0.15, 0.2) is 51.5 Å². The smallest absolute Gasteiger partial charge is 0.258 e. The molecular formula is C16H10BrN3O. The number of rotatable bonds is 2. The number of hydrogen-bond acceptors (Lipinski definition) is 4. The molecule has 0 aliphatic carbocycles. The molecule has 0 unspecified atom stereocenters. The number of hydrogen-bond donors (Lipinski definition) is 0. The van der Waals surface area contributed by atoms with Crippen LogP contribution in [0.1, 0.15) is 11.1 Å². The van der Waals surface area contributed by atoms with Crippen LogP contribution in [-0.4, -0.2) is 10.1 Å². The number of halogens is 1. The van der Waals surface area contributed by atoms with E-state index in [2.05, 4.69) is 32.1 Å². The maximum absolute atomic E-state index is 8.79. The molecule has 1 aromatic heterocycles. The summed E-state index contributed by atoms with van der Waals surface area (Å²) in [5, 5.41) is 12.8. The summed E-state index contributed by atoms with van der Waals surface area (Å²) >= 11 is 3.49. The maximum atomic E-state index is 8.79. The lowest BCUT2D eigenvalue weighted by Crippen LogP contribution is -1.83. The number of benzene rings is 2. The summed E-state index contributed by atoms with van der Waals surface area (Å²) in [6.07, 6.45) is 0. The van der Waals surface area contributed by atoms with Crippen molar-refractivity contribution < 1.29 is 4.52 Å². The van der Waals surface area contributed by atoms with Crippen LogP contribution in [0.25, 0.3) is 22.8 Å². The first-order chi connectivity index (χ1) is 10.2.